The second kappa shape index (κ2) is 6.52. The number of halogens is 1. The third-order valence-electron chi connectivity index (χ3n) is 3.67. The molecule has 0 radical (unpaired) electrons. The van der Waals surface area contributed by atoms with Crippen LogP contribution in [0.1, 0.15) is 25.5 Å². The third-order valence-corrected chi connectivity index (χ3v) is 3.91. The van der Waals surface area contributed by atoms with Crippen molar-refractivity contribution in [2.45, 2.75) is 32.7 Å². The molecule has 0 aliphatic heterocycles. The minimum atomic E-state index is -0.896. The number of hydrogen-bond acceptors (Lipinski definition) is 5. The van der Waals surface area contributed by atoms with E-state index in [-0.39, 0.29) is 23.8 Å². The number of carboxylic acids is 1. The van der Waals surface area contributed by atoms with Crippen LogP contribution in [0.25, 0.3) is 22.2 Å². The van der Waals surface area contributed by atoms with Gasteiger partial charge in [0.05, 0.1) is 11.0 Å². The molecule has 0 aliphatic rings. The first-order valence-corrected chi connectivity index (χ1v) is 7.96. The van der Waals surface area contributed by atoms with Gasteiger partial charge in [-0.05, 0) is 38.0 Å². The molecule has 0 atom stereocenters. The molecule has 1 aromatic carbocycles. The van der Waals surface area contributed by atoms with Crippen LogP contribution >= 0.6 is 11.6 Å². The summed E-state index contributed by atoms with van der Waals surface area (Å²) >= 11 is 5.98. The van der Waals surface area contributed by atoms with Crippen molar-refractivity contribution in [1.29, 1.82) is 0 Å². The van der Waals surface area contributed by atoms with Crippen molar-refractivity contribution in [2.75, 3.05) is 0 Å². The largest absolute Gasteiger partial charge is 0.481 e. The lowest BCUT2D eigenvalue weighted by Gasteiger charge is -2.10. The van der Waals surface area contributed by atoms with E-state index in [1.54, 1.807) is 22.9 Å². The molecule has 0 bridgehead atoms. The first kappa shape index (κ1) is 16.3. The first-order chi connectivity index (χ1) is 11.5. The molecule has 2 heterocycles. The normalized spacial score (nSPS) is 11.2. The van der Waals surface area contributed by atoms with Crippen molar-refractivity contribution in [2.24, 2.45) is 0 Å². The van der Waals surface area contributed by atoms with E-state index in [0.717, 1.165) is 0 Å². The number of benzene rings is 1. The second-order valence-corrected chi connectivity index (χ2v) is 5.80. The molecule has 2 aromatic heterocycles. The van der Waals surface area contributed by atoms with Crippen LogP contribution in [-0.2, 0) is 17.8 Å². The zero-order valence-corrected chi connectivity index (χ0v) is 13.7. The van der Waals surface area contributed by atoms with Crippen molar-refractivity contribution in [1.82, 2.24) is 19.7 Å². The van der Waals surface area contributed by atoms with Crippen LogP contribution in [0.15, 0.2) is 23.0 Å². The molecule has 0 spiro atoms. The number of aryl methyl sites for hydroxylation is 2. The minimum Gasteiger partial charge on any atom is -0.481 e. The molecule has 7 nitrogen and oxygen atoms in total. The van der Waals surface area contributed by atoms with E-state index in [1.165, 1.54) is 0 Å². The lowest BCUT2D eigenvalue weighted by atomic mass is 10.1. The Labute approximate surface area is 141 Å². The van der Waals surface area contributed by atoms with Gasteiger partial charge in [0, 0.05) is 18.0 Å². The van der Waals surface area contributed by atoms with Gasteiger partial charge in [-0.25, -0.2) is 14.6 Å². The summed E-state index contributed by atoms with van der Waals surface area (Å²) in [5.41, 5.74) is 1.81. The molecule has 0 saturated heterocycles. The number of fused-ring (bicyclic) bond motifs is 2. The van der Waals surface area contributed by atoms with E-state index in [9.17, 15) is 9.59 Å². The predicted octanol–water partition coefficient (Wildman–Crippen LogP) is 2.42. The molecule has 0 unspecified atom stereocenters. The van der Waals surface area contributed by atoms with Gasteiger partial charge in [0.1, 0.15) is 5.69 Å². The Balaban J connectivity index is 2.18. The highest BCUT2D eigenvalue weighted by Gasteiger charge is 2.14. The zero-order valence-electron chi connectivity index (χ0n) is 13.0. The summed E-state index contributed by atoms with van der Waals surface area (Å²) in [4.78, 5) is 32.2. The Hall–Kier alpha value is -2.54. The number of carbonyl (C=O) groups is 1. The highest BCUT2D eigenvalue weighted by atomic mass is 35.5. The number of carboxylic acid groups (broad SMARTS) is 1. The van der Waals surface area contributed by atoms with Crippen LogP contribution < -0.4 is 5.43 Å². The third kappa shape index (κ3) is 3.07. The van der Waals surface area contributed by atoms with E-state index in [1.807, 2.05) is 6.92 Å². The van der Waals surface area contributed by atoms with Gasteiger partial charge in [0.15, 0.2) is 11.2 Å². The molecule has 8 heteroatoms. The van der Waals surface area contributed by atoms with E-state index < -0.39 is 5.97 Å². The molecule has 24 heavy (non-hydrogen) atoms. The van der Waals surface area contributed by atoms with Gasteiger partial charge >= 0.3 is 5.97 Å². The van der Waals surface area contributed by atoms with Crippen molar-refractivity contribution in [3.63, 3.8) is 0 Å². The lowest BCUT2D eigenvalue weighted by molar-refractivity contribution is -0.137. The first-order valence-electron chi connectivity index (χ1n) is 7.58. The zero-order chi connectivity index (χ0) is 17.3. The Morgan fingerprint density at radius 2 is 2.08 bits per heavy atom. The molecule has 0 amide bonds. The molecule has 0 fully saturated rings. The summed E-state index contributed by atoms with van der Waals surface area (Å²) in [6, 6.07) is 5.12. The number of aromatic nitrogens is 4. The average Bonchev–Trinajstić information content (AvgIpc) is 2.55. The monoisotopic (exact) mass is 346 g/mol. The van der Waals surface area contributed by atoms with Gasteiger partial charge in [0.25, 0.3) is 0 Å². The molecule has 1 N–H and O–H groups in total. The molecular formula is C16H15ClN4O3. The van der Waals surface area contributed by atoms with Crippen molar-refractivity contribution in [3.05, 3.63) is 39.1 Å². The van der Waals surface area contributed by atoms with Crippen LogP contribution in [0, 0.1) is 0 Å². The highest BCUT2D eigenvalue weighted by molar-refractivity contribution is 6.31. The van der Waals surface area contributed by atoms with E-state index in [0.29, 0.717) is 40.4 Å². The maximum absolute atomic E-state index is 12.6. The van der Waals surface area contributed by atoms with Crippen LogP contribution in [0.4, 0.5) is 0 Å². The molecular weight excluding hydrogens is 332 g/mol. The maximum atomic E-state index is 12.6. The number of nitrogens with zero attached hydrogens (tertiary/aromatic N) is 4. The number of hydrogen-bond donors (Lipinski definition) is 1. The van der Waals surface area contributed by atoms with E-state index in [2.05, 4.69) is 15.1 Å². The standard InChI is InChI=1S/C16H15ClN4O3/c1-2-21-16-14(15(24)11(20-21)4-3-5-13(22)23)18-12-8-9(17)6-7-10(12)19-16/h6-8H,2-5H2,1H3,(H,22,23). The molecule has 0 aliphatic carbocycles. The Morgan fingerprint density at radius 1 is 1.29 bits per heavy atom. The molecule has 124 valence electrons. The van der Waals surface area contributed by atoms with E-state index in [4.69, 9.17) is 16.7 Å². The fraction of sp³-hybridized carbons (Fsp3) is 0.312. The van der Waals surface area contributed by atoms with Crippen LogP contribution in [0.2, 0.25) is 5.02 Å². The topological polar surface area (TPSA) is 98.0 Å². The smallest absolute Gasteiger partial charge is 0.303 e. The van der Waals surface area contributed by atoms with Crippen molar-refractivity contribution in [3.8, 4) is 0 Å². The Kier molecular flexibility index (Phi) is 4.44. The van der Waals surface area contributed by atoms with Gasteiger partial charge in [-0.15, -0.1) is 0 Å². The molecule has 3 rings (SSSR count). The summed E-state index contributed by atoms with van der Waals surface area (Å²) in [7, 11) is 0. The van der Waals surface area contributed by atoms with Gasteiger partial charge in [0.2, 0.25) is 5.43 Å². The van der Waals surface area contributed by atoms with Crippen molar-refractivity contribution >= 4 is 39.8 Å². The number of rotatable bonds is 5. The van der Waals surface area contributed by atoms with Gasteiger partial charge < -0.3 is 5.11 Å². The molecule has 0 saturated carbocycles. The lowest BCUT2D eigenvalue weighted by Crippen LogP contribution is -2.21. The fourth-order valence-corrected chi connectivity index (χ4v) is 2.68. The second-order valence-electron chi connectivity index (χ2n) is 5.37. The summed E-state index contributed by atoms with van der Waals surface area (Å²) in [6.07, 6.45) is 0.625. The predicted molar refractivity (Wildman–Crippen MR) is 90.4 cm³/mol. The van der Waals surface area contributed by atoms with Crippen LogP contribution in [-0.4, -0.2) is 30.8 Å². The summed E-state index contributed by atoms with van der Waals surface area (Å²) in [6.45, 7) is 2.42. The quantitative estimate of drug-likeness (QED) is 0.712. The maximum Gasteiger partial charge on any atom is 0.303 e. The molecule has 3 aromatic rings. The van der Waals surface area contributed by atoms with Crippen LogP contribution in [0.5, 0.6) is 0 Å². The van der Waals surface area contributed by atoms with E-state index >= 15 is 0 Å². The average molecular weight is 347 g/mol. The summed E-state index contributed by atoms with van der Waals surface area (Å²) < 4.78 is 1.62. The Bertz CT molecular complexity index is 1000. The van der Waals surface area contributed by atoms with Crippen molar-refractivity contribution < 1.29 is 9.90 Å². The van der Waals surface area contributed by atoms with Gasteiger partial charge in [-0.2, -0.15) is 5.10 Å². The van der Waals surface area contributed by atoms with Gasteiger partial charge in [-0.1, -0.05) is 11.6 Å². The summed E-state index contributed by atoms with van der Waals surface area (Å²) in [5.74, 6) is -0.896. The Morgan fingerprint density at radius 3 is 2.79 bits per heavy atom. The van der Waals surface area contributed by atoms with Gasteiger partial charge in [-0.3, -0.25) is 9.59 Å². The number of aliphatic carboxylic acids is 1. The highest BCUT2D eigenvalue weighted by Crippen LogP contribution is 2.18. The van der Waals surface area contributed by atoms with Crippen LogP contribution in [0.3, 0.4) is 0 Å². The minimum absolute atomic E-state index is 0.00963. The fourth-order valence-electron chi connectivity index (χ4n) is 2.52. The summed E-state index contributed by atoms with van der Waals surface area (Å²) in [5, 5.41) is 13.6. The SMILES string of the molecule is CCn1nc(CCCC(=O)O)c(=O)c2nc3cc(Cl)ccc3nc21.